The van der Waals surface area contributed by atoms with Crippen LogP contribution in [0.4, 0.5) is 5.69 Å². The van der Waals surface area contributed by atoms with Crippen LogP contribution in [0.1, 0.15) is 11.1 Å². The number of halogens is 3. The van der Waals surface area contributed by atoms with Gasteiger partial charge in [-0.25, -0.2) is 0 Å². The quantitative estimate of drug-likeness (QED) is 0.367. The first-order valence-corrected chi connectivity index (χ1v) is 8.96. The Balaban J connectivity index is 1.75. The predicted octanol–water partition coefficient (Wildman–Crippen LogP) is 6.67. The fourth-order valence-electron chi connectivity index (χ4n) is 2.26. The largest absolute Gasteiger partial charge is 0.488 e. The van der Waals surface area contributed by atoms with Crippen molar-refractivity contribution in [2.45, 2.75) is 6.61 Å². The van der Waals surface area contributed by atoms with Gasteiger partial charge < -0.3 is 4.74 Å². The van der Waals surface area contributed by atoms with Crippen molar-refractivity contribution in [1.29, 1.82) is 0 Å². The molecule has 0 atom stereocenters. The molecule has 0 spiro atoms. The number of benzene rings is 3. The van der Waals surface area contributed by atoms with Gasteiger partial charge in [0.05, 0.1) is 11.9 Å². The van der Waals surface area contributed by atoms with Crippen LogP contribution in [-0.2, 0) is 6.61 Å². The third-order valence-electron chi connectivity index (χ3n) is 3.58. The fourth-order valence-corrected chi connectivity index (χ4v) is 2.95. The van der Waals surface area contributed by atoms with Crippen LogP contribution in [0.5, 0.6) is 5.75 Å². The highest BCUT2D eigenvalue weighted by Crippen LogP contribution is 2.27. The van der Waals surface area contributed by atoms with Crippen LogP contribution in [0, 0.1) is 0 Å². The lowest BCUT2D eigenvalue weighted by Crippen LogP contribution is -2.00. The molecule has 1 N–H and O–H groups in total. The molecule has 0 aliphatic carbocycles. The maximum atomic E-state index is 6.19. The number of nitrogens with one attached hydrogen (secondary N) is 1. The first-order chi connectivity index (χ1) is 12.6. The molecule has 0 bridgehead atoms. The molecule has 0 saturated carbocycles. The average Bonchev–Trinajstić information content (AvgIpc) is 2.64. The molecule has 0 fully saturated rings. The molecule has 0 radical (unpaired) electrons. The fraction of sp³-hybridized carbons (Fsp3) is 0.0500. The molecule has 0 aliphatic rings. The SMILES string of the molecule is Clc1ccc(OCc2c(Cl)cccc2Cl)c(C=NNc2ccccc2)c1. The molecular weight excluding hydrogens is 391 g/mol. The Bertz CT molecular complexity index is 894. The van der Waals surface area contributed by atoms with Crippen LogP contribution >= 0.6 is 34.8 Å². The molecule has 6 heteroatoms. The summed E-state index contributed by atoms with van der Waals surface area (Å²) in [5.41, 5.74) is 5.32. The van der Waals surface area contributed by atoms with Crippen molar-refractivity contribution < 1.29 is 4.74 Å². The molecule has 0 amide bonds. The van der Waals surface area contributed by atoms with Gasteiger partial charge in [0.2, 0.25) is 0 Å². The van der Waals surface area contributed by atoms with E-state index < -0.39 is 0 Å². The summed E-state index contributed by atoms with van der Waals surface area (Å²) in [5, 5.41) is 5.95. The van der Waals surface area contributed by atoms with E-state index in [2.05, 4.69) is 10.5 Å². The van der Waals surface area contributed by atoms with Crippen LogP contribution in [0.2, 0.25) is 15.1 Å². The van der Waals surface area contributed by atoms with Crippen molar-refractivity contribution in [2.75, 3.05) is 5.43 Å². The summed E-state index contributed by atoms with van der Waals surface area (Å²) in [6, 6.07) is 20.3. The van der Waals surface area contributed by atoms with Crippen LogP contribution in [0.25, 0.3) is 0 Å². The Kier molecular flexibility index (Phi) is 6.40. The lowest BCUT2D eigenvalue weighted by molar-refractivity contribution is 0.306. The van der Waals surface area contributed by atoms with Gasteiger partial charge in [-0.2, -0.15) is 5.10 Å². The number of rotatable bonds is 6. The Labute approximate surface area is 167 Å². The van der Waals surface area contributed by atoms with Crippen LogP contribution in [0.15, 0.2) is 71.8 Å². The monoisotopic (exact) mass is 404 g/mol. The van der Waals surface area contributed by atoms with Crippen LogP contribution in [0.3, 0.4) is 0 Å². The number of anilines is 1. The number of hydrogen-bond donors (Lipinski definition) is 1. The molecule has 3 rings (SSSR count). The van der Waals surface area contributed by atoms with Gasteiger partial charge in [0, 0.05) is 26.2 Å². The van der Waals surface area contributed by atoms with Crippen molar-refractivity contribution >= 4 is 46.7 Å². The molecule has 132 valence electrons. The van der Waals surface area contributed by atoms with Gasteiger partial charge >= 0.3 is 0 Å². The normalized spacial score (nSPS) is 10.9. The molecule has 0 unspecified atom stereocenters. The summed E-state index contributed by atoms with van der Waals surface area (Å²) < 4.78 is 5.90. The lowest BCUT2D eigenvalue weighted by atomic mass is 10.2. The number of ether oxygens (including phenoxy) is 1. The van der Waals surface area contributed by atoms with E-state index in [9.17, 15) is 0 Å². The maximum absolute atomic E-state index is 6.19. The molecule has 3 nitrogen and oxygen atoms in total. The number of para-hydroxylation sites is 1. The summed E-state index contributed by atoms with van der Waals surface area (Å²) >= 11 is 18.5. The van der Waals surface area contributed by atoms with Gasteiger partial charge in [0.1, 0.15) is 12.4 Å². The second-order valence-corrected chi connectivity index (χ2v) is 6.66. The minimum Gasteiger partial charge on any atom is -0.488 e. The minimum absolute atomic E-state index is 0.243. The van der Waals surface area contributed by atoms with E-state index in [1.165, 1.54) is 0 Å². The molecule has 0 aromatic heterocycles. The summed E-state index contributed by atoms with van der Waals surface area (Å²) in [4.78, 5) is 0. The molecule has 3 aromatic carbocycles. The molecule has 26 heavy (non-hydrogen) atoms. The number of hydrazone groups is 1. The first kappa shape index (κ1) is 18.6. The third-order valence-corrected chi connectivity index (χ3v) is 4.52. The van der Waals surface area contributed by atoms with Gasteiger partial charge in [0.25, 0.3) is 0 Å². The zero-order valence-corrected chi connectivity index (χ0v) is 15.9. The van der Waals surface area contributed by atoms with E-state index in [4.69, 9.17) is 39.5 Å². The molecule has 0 saturated heterocycles. The van der Waals surface area contributed by atoms with Crippen molar-refractivity contribution in [1.82, 2.24) is 0 Å². The molecular formula is C20H15Cl3N2O. The average molecular weight is 406 g/mol. The second kappa shape index (κ2) is 8.95. The van der Waals surface area contributed by atoms with Gasteiger partial charge in [-0.05, 0) is 42.5 Å². The Morgan fingerprint density at radius 3 is 2.35 bits per heavy atom. The Morgan fingerprint density at radius 2 is 1.62 bits per heavy atom. The first-order valence-electron chi connectivity index (χ1n) is 7.83. The maximum Gasteiger partial charge on any atom is 0.128 e. The highest BCUT2D eigenvalue weighted by molar-refractivity contribution is 6.36. The van der Waals surface area contributed by atoms with Gasteiger partial charge in [-0.3, -0.25) is 5.43 Å². The van der Waals surface area contributed by atoms with E-state index >= 15 is 0 Å². The van der Waals surface area contributed by atoms with Crippen molar-refractivity contribution in [3.8, 4) is 5.75 Å². The number of hydrogen-bond acceptors (Lipinski definition) is 3. The summed E-state index contributed by atoms with van der Waals surface area (Å²) in [5.74, 6) is 0.629. The molecule has 0 heterocycles. The molecule has 0 aliphatic heterocycles. The molecule has 3 aromatic rings. The van der Waals surface area contributed by atoms with Gasteiger partial charge in [-0.1, -0.05) is 59.1 Å². The minimum atomic E-state index is 0.243. The van der Waals surface area contributed by atoms with Gasteiger partial charge in [0.15, 0.2) is 0 Å². The standard InChI is InChI=1S/C20H15Cl3N2O/c21-15-9-10-20(26-13-17-18(22)7-4-8-19(17)23)14(11-15)12-24-25-16-5-2-1-3-6-16/h1-12,25H,13H2. The van der Waals surface area contributed by atoms with Crippen LogP contribution in [-0.4, -0.2) is 6.21 Å². The Morgan fingerprint density at radius 1 is 0.885 bits per heavy atom. The van der Waals surface area contributed by atoms with E-state index in [1.54, 1.807) is 42.6 Å². The van der Waals surface area contributed by atoms with E-state index in [-0.39, 0.29) is 6.61 Å². The van der Waals surface area contributed by atoms with Crippen LogP contribution < -0.4 is 10.2 Å². The second-order valence-electron chi connectivity index (χ2n) is 5.41. The third kappa shape index (κ3) is 4.92. The van der Waals surface area contributed by atoms with E-state index in [1.807, 2.05) is 30.3 Å². The Hall–Kier alpha value is -2.20. The zero-order valence-electron chi connectivity index (χ0n) is 13.6. The van der Waals surface area contributed by atoms with Crippen molar-refractivity contribution in [2.24, 2.45) is 5.10 Å². The van der Waals surface area contributed by atoms with Crippen molar-refractivity contribution in [3.63, 3.8) is 0 Å². The topological polar surface area (TPSA) is 33.6 Å². The summed E-state index contributed by atoms with van der Waals surface area (Å²) in [6.07, 6.45) is 1.66. The number of nitrogens with zero attached hydrogens (tertiary/aromatic N) is 1. The highest BCUT2D eigenvalue weighted by atomic mass is 35.5. The smallest absolute Gasteiger partial charge is 0.128 e. The van der Waals surface area contributed by atoms with E-state index in [0.717, 1.165) is 16.8 Å². The zero-order chi connectivity index (χ0) is 18.4. The predicted molar refractivity (Wildman–Crippen MR) is 110 cm³/mol. The highest BCUT2D eigenvalue weighted by Gasteiger charge is 2.08. The van der Waals surface area contributed by atoms with E-state index in [0.29, 0.717) is 20.8 Å². The lowest BCUT2D eigenvalue weighted by Gasteiger charge is -2.12. The summed E-state index contributed by atoms with van der Waals surface area (Å²) in [6.45, 7) is 0.243. The van der Waals surface area contributed by atoms with Crippen molar-refractivity contribution in [3.05, 3.63) is 92.9 Å². The summed E-state index contributed by atoms with van der Waals surface area (Å²) in [7, 11) is 0. The van der Waals surface area contributed by atoms with Gasteiger partial charge in [-0.15, -0.1) is 0 Å².